The minimum absolute atomic E-state index is 0.0193. The number of piperidine rings is 1. The first-order valence-electron chi connectivity index (χ1n) is 8.07. The van der Waals surface area contributed by atoms with E-state index in [2.05, 4.69) is 18.3 Å². The molecule has 0 saturated carbocycles. The maximum absolute atomic E-state index is 12.4. The lowest BCUT2D eigenvalue weighted by Crippen LogP contribution is -2.45. The Morgan fingerprint density at radius 3 is 2.75 bits per heavy atom. The zero-order chi connectivity index (χ0) is 17.9. The number of hydrogen-bond donors (Lipinski definition) is 1. The van der Waals surface area contributed by atoms with Gasteiger partial charge in [-0.05, 0) is 18.8 Å². The predicted molar refractivity (Wildman–Crippen MR) is 91.1 cm³/mol. The number of nitrogens with zero attached hydrogens (tertiary/aromatic N) is 3. The number of nitriles is 2. The van der Waals surface area contributed by atoms with Crippen LogP contribution in [0.25, 0.3) is 0 Å². The predicted octanol–water partition coefficient (Wildman–Crippen LogP) is 2.01. The quantitative estimate of drug-likeness (QED) is 0.843. The average Bonchev–Trinajstić information content (AvgIpc) is 2.52. The molecule has 6 nitrogen and oxygen atoms in total. The molecule has 0 aromatic carbocycles. The molecule has 1 saturated heterocycles. The van der Waals surface area contributed by atoms with E-state index < -0.39 is 17.2 Å². The number of likely N-dealkylation sites (tertiary alicyclic amines) is 1. The SMILES string of the molecule is C[C@@H]1CCCN(C(=O)CSC2=C(C#N)C(C)(C)[C@@H](C#N)C(=O)N2)C1. The van der Waals surface area contributed by atoms with Gasteiger partial charge in [-0.1, -0.05) is 32.5 Å². The molecule has 128 valence electrons. The van der Waals surface area contributed by atoms with Crippen LogP contribution in [0.3, 0.4) is 0 Å². The van der Waals surface area contributed by atoms with Gasteiger partial charge in [-0.25, -0.2) is 0 Å². The molecule has 7 heteroatoms. The van der Waals surface area contributed by atoms with E-state index in [4.69, 9.17) is 0 Å². The highest BCUT2D eigenvalue weighted by atomic mass is 32.2. The highest BCUT2D eigenvalue weighted by molar-refractivity contribution is 8.03. The van der Waals surface area contributed by atoms with Gasteiger partial charge >= 0.3 is 0 Å². The fourth-order valence-electron chi connectivity index (χ4n) is 3.18. The van der Waals surface area contributed by atoms with E-state index in [0.717, 1.165) is 25.9 Å². The van der Waals surface area contributed by atoms with E-state index in [1.54, 1.807) is 13.8 Å². The molecule has 1 N–H and O–H groups in total. The van der Waals surface area contributed by atoms with E-state index in [-0.39, 0.29) is 11.7 Å². The lowest BCUT2D eigenvalue weighted by Gasteiger charge is -2.35. The minimum atomic E-state index is -0.907. The zero-order valence-corrected chi connectivity index (χ0v) is 15.1. The summed E-state index contributed by atoms with van der Waals surface area (Å²) in [7, 11) is 0. The number of nitrogens with one attached hydrogen (secondary N) is 1. The molecule has 2 aliphatic rings. The molecule has 0 unspecified atom stereocenters. The third-order valence-electron chi connectivity index (χ3n) is 4.68. The number of rotatable bonds is 3. The lowest BCUT2D eigenvalue weighted by molar-refractivity contribution is -0.130. The van der Waals surface area contributed by atoms with Crippen molar-refractivity contribution in [3.8, 4) is 12.1 Å². The van der Waals surface area contributed by atoms with Crippen LogP contribution in [0.1, 0.15) is 33.6 Å². The van der Waals surface area contributed by atoms with Crippen LogP contribution in [-0.2, 0) is 9.59 Å². The first-order valence-corrected chi connectivity index (χ1v) is 9.05. The van der Waals surface area contributed by atoms with Gasteiger partial charge in [0.25, 0.3) is 0 Å². The van der Waals surface area contributed by atoms with Gasteiger partial charge in [0.15, 0.2) is 0 Å². The number of hydrogen-bond acceptors (Lipinski definition) is 5. The van der Waals surface area contributed by atoms with Crippen LogP contribution >= 0.6 is 11.8 Å². The summed E-state index contributed by atoms with van der Waals surface area (Å²) in [4.78, 5) is 26.3. The van der Waals surface area contributed by atoms with Crippen molar-refractivity contribution >= 4 is 23.6 Å². The van der Waals surface area contributed by atoms with Crippen LogP contribution in [0.4, 0.5) is 0 Å². The van der Waals surface area contributed by atoms with Crippen LogP contribution < -0.4 is 5.32 Å². The summed E-state index contributed by atoms with van der Waals surface area (Å²) in [6, 6.07) is 4.08. The standard InChI is InChI=1S/C17H22N4O2S/c1-11-5-4-6-21(9-11)14(22)10-24-16-13(8-19)17(2,3)12(7-18)15(23)20-16/h11-12H,4-6,9-10H2,1-3H3,(H,20,23)/t11-,12+/m1/s1. The highest BCUT2D eigenvalue weighted by Crippen LogP contribution is 2.41. The van der Waals surface area contributed by atoms with Crippen molar-refractivity contribution in [3.63, 3.8) is 0 Å². The van der Waals surface area contributed by atoms with E-state index in [9.17, 15) is 20.1 Å². The second kappa shape index (κ2) is 7.27. The summed E-state index contributed by atoms with van der Waals surface area (Å²) in [5, 5.41) is 21.7. The number of thioether (sulfide) groups is 1. The first-order chi connectivity index (χ1) is 11.3. The average molecular weight is 346 g/mol. The van der Waals surface area contributed by atoms with Crippen LogP contribution in [0.2, 0.25) is 0 Å². The molecule has 2 aliphatic heterocycles. The van der Waals surface area contributed by atoms with Crippen molar-refractivity contribution in [2.75, 3.05) is 18.8 Å². The maximum Gasteiger partial charge on any atom is 0.243 e. The van der Waals surface area contributed by atoms with E-state index in [1.807, 2.05) is 11.0 Å². The zero-order valence-electron chi connectivity index (χ0n) is 14.3. The Morgan fingerprint density at radius 2 is 2.17 bits per heavy atom. The van der Waals surface area contributed by atoms with Gasteiger partial charge in [0, 0.05) is 18.5 Å². The van der Waals surface area contributed by atoms with E-state index in [1.165, 1.54) is 11.8 Å². The molecule has 0 radical (unpaired) electrons. The Kier molecular flexibility index (Phi) is 5.56. The molecule has 2 heterocycles. The Morgan fingerprint density at radius 1 is 1.46 bits per heavy atom. The van der Waals surface area contributed by atoms with Gasteiger partial charge in [-0.2, -0.15) is 10.5 Å². The Hall–Kier alpha value is -1.99. The summed E-state index contributed by atoms with van der Waals surface area (Å²) in [5.74, 6) is -0.615. The van der Waals surface area contributed by atoms with Crippen molar-refractivity contribution in [2.24, 2.45) is 17.3 Å². The molecule has 0 aliphatic carbocycles. The van der Waals surface area contributed by atoms with E-state index >= 15 is 0 Å². The maximum atomic E-state index is 12.4. The van der Waals surface area contributed by atoms with Gasteiger partial charge in [-0.3, -0.25) is 9.59 Å². The van der Waals surface area contributed by atoms with Crippen LogP contribution in [0.5, 0.6) is 0 Å². The molecule has 0 bridgehead atoms. The van der Waals surface area contributed by atoms with E-state index in [0.29, 0.717) is 16.5 Å². The first kappa shape index (κ1) is 18.4. The third kappa shape index (κ3) is 3.57. The number of carbonyl (C=O) groups excluding carboxylic acids is 2. The molecular weight excluding hydrogens is 324 g/mol. The smallest absolute Gasteiger partial charge is 0.243 e. The number of amides is 2. The van der Waals surface area contributed by atoms with Crippen LogP contribution in [-0.4, -0.2) is 35.6 Å². The molecule has 1 fully saturated rings. The van der Waals surface area contributed by atoms with Crippen molar-refractivity contribution in [3.05, 3.63) is 10.6 Å². The third-order valence-corrected chi connectivity index (χ3v) is 5.67. The molecule has 0 spiro atoms. The summed E-state index contributed by atoms with van der Waals surface area (Å²) < 4.78 is 0. The van der Waals surface area contributed by atoms with Crippen molar-refractivity contribution < 1.29 is 9.59 Å². The minimum Gasteiger partial charge on any atom is -0.342 e. The summed E-state index contributed by atoms with van der Waals surface area (Å²) >= 11 is 1.18. The van der Waals surface area contributed by atoms with Gasteiger partial charge in [0.05, 0.1) is 28.5 Å². The molecule has 2 amide bonds. The number of carbonyl (C=O) groups is 2. The second-order valence-electron chi connectivity index (χ2n) is 6.96. The molecule has 2 rings (SSSR count). The van der Waals surface area contributed by atoms with Crippen LogP contribution in [0.15, 0.2) is 10.6 Å². The van der Waals surface area contributed by atoms with Gasteiger partial charge in [0.1, 0.15) is 5.92 Å². The summed E-state index contributed by atoms with van der Waals surface area (Å²) in [6.07, 6.45) is 2.15. The molecular formula is C17H22N4O2S. The molecule has 2 atom stereocenters. The monoisotopic (exact) mass is 346 g/mol. The molecule has 24 heavy (non-hydrogen) atoms. The summed E-state index contributed by atoms with van der Waals surface area (Å²) in [5.41, 5.74) is -0.505. The lowest BCUT2D eigenvalue weighted by atomic mass is 9.72. The largest absolute Gasteiger partial charge is 0.342 e. The fourth-order valence-corrected chi connectivity index (χ4v) is 4.25. The van der Waals surface area contributed by atoms with Crippen molar-refractivity contribution in [2.45, 2.75) is 33.6 Å². The summed E-state index contributed by atoms with van der Waals surface area (Å²) in [6.45, 7) is 7.09. The van der Waals surface area contributed by atoms with Crippen molar-refractivity contribution in [1.29, 1.82) is 10.5 Å². The van der Waals surface area contributed by atoms with Gasteiger partial charge in [0.2, 0.25) is 11.8 Å². The van der Waals surface area contributed by atoms with Gasteiger partial charge < -0.3 is 10.2 Å². The Balaban J connectivity index is 2.12. The Bertz CT molecular complexity index is 656. The molecule has 0 aromatic rings. The topological polar surface area (TPSA) is 97.0 Å². The van der Waals surface area contributed by atoms with Crippen LogP contribution in [0, 0.1) is 39.9 Å². The molecule has 0 aromatic heterocycles. The fraction of sp³-hybridized carbons (Fsp3) is 0.647. The normalized spacial score (nSPS) is 26.4. The highest BCUT2D eigenvalue weighted by Gasteiger charge is 2.44. The van der Waals surface area contributed by atoms with Crippen molar-refractivity contribution in [1.82, 2.24) is 10.2 Å². The Labute approximate surface area is 146 Å². The van der Waals surface area contributed by atoms with Gasteiger partial charge in [-0.15, -0.1) is 0 Å². The number of allylic oxidation sites excluding steroid dienone is 1. The second-order valence-corrected chi connectivity index (χ2v) is 7.95.